The second-order valence-electron chi connectivity index (χ2n) is 6.11. The number of benzene rings is 1. The van der Waals surface area contributed by atoms with Gasteiger partial charge in [-0.3, -0.25) is 9.48 Å². The van der Waals surface area contributed by atoms with E-state index in [1.165, 1.54) is 12.1 Å². The predicted molar refractivity (Wildman–Crippen MR) is 95.0 cm³/mol. The fraction of sp³-hybridized carbons (Fsp3) is 0.438. The van der Waals surface area contributed by atoms with E-state index in [0.29, 0.717) is 18.5 Å². The molecule has 1 amide bonds. The summed E-state index contributed by atoms with van der Waals surface area (Å²) >= 11 is 0. The molecular formula is C16H22N6O3S. The van der Waals surface area contributed by atoms with Gasteiger partial charge in [0, 0.05) is 37.4 Å². The number of amides is 1. The zero-order chi connectivity index (χ0) is 18.4. The van der Waals surface area contributed by atoms with Gasteiger partial charge in [-0.05, 0) is 37.6 Å². The number of sulfonamides is 1. The normalized spacial score (nSPS) is 17.3. The lowest BCUT2D eigenvalue weighted by Gasteiger charge is -2.12. The first-order chi connectivity index (χ1) is 12.5. The van der Waals surface area contributed by atoms with Crippen LogP contribution in [0.3, 0.4) is 0 Å². The first-order valence-corrected chi connectivity index (χ1v) is 9.98. The molecule has 10 heteroatoms. The van der Waals surface area contributed by atoms with Crippen LogP contribution in [0.25, 0.3) is 0 Å². The highest BCUT2D eigenvalue weighted by molar-refractivity contribution is 7.89. The highest BCUT2D eigenvalue weighted by Gasteiger charge is 2.19. The lowest BCUT2D eigenvalue weighted by molar-refractivity contribution is 0.0940. The highest BCUT2D eigenvalue weighted by atomic mass is 32.2. The van der Waals surface area contributed by atoms with Crippen molar-refractivity contribution in [3.63, 3.8) is 0 Å². The maximum Gasteiger partial charge on any atom is 0.251 e. The van der Waals surface area contributed by atoms with Gasteiger partial charge in [0.15, 0.2) is 0 Å². The molecule has 140 valence electrons. The van der Waals surface area contributed by atoms with Gasteiger partial charge < -0.3 is 10.6 Å². The van der Waals surface area contributed by atoms with Gasteiger partial charge in [-0.1, -0.05) is 11.3 Å². The number of carbonyl (C=O) groups excluding carboxylic acids is 1. The Morgan fingerprint density at radius 1 is 1.38 bits per heavy atom. The summed E-state index contributed by atoms with van der Waals surface area (Å²) in [6.45, 7) is 2.45. The van der Waals surface area contributed by atoms with Crippen LogP contribution >= 0.6 is 0 Å². The minimum Gasteiger partial charge on any atom is -0.348 e. The molecule has 1 fully saturated rings. The number of hydrogen-bond donors (Lipinski definition) is 3. The third-order valence-electron chi connectivity index (χ3n) is 4.13. The predicted octanol–water partition coefficient (Wildman–Crippen LogP) is -0.262. The van der Waals surface area contributed by atoms with E-state index in [1.54, 1.807) is 29.2 Å². The molecule has 3 rings (SSSR count). The molecule has 1 aromatic heterocycles. The third kappa shape index (κ3) is 4.87. The Morgan fingerprint density at radius 2 is 2.27 bits per heavy atom. The van der Waals surface area contributed by atoms with Gasteiger partial charge in [-0.2, -0.15) is 0 Å². The maximum atomic E-state index is 12.4. The Morgan fingerprint density at radius 3 is 3.00 bits per heavy atom. The molecule has 1 aliphatic heterocycles. The Kier molecular flexibility index (Phi) is 5.96. The molecule has 0 saturated carbocycles. The summed E-state index contributed by atoms with van der Waals surface area (Å²) in [7, 11) is -3.67. The zero-order valence-corrected chi connectivity index (χ0v) is 15.1. The van der Waals surface area contributed by atoms with Crippen molar-refractivity contribution in [3.8, 4) is 0 Å². The summed E-state index contributed by atoms with van der Waals surface area (Å²) in [5.41, 5.74) is 0.336. The molecule has 0 radical (unpaired) electrons. The quantitative estimate of drug-likeness (QED) is 0.545. The second kappa shape index (κ2) is 8.39. The smallest absolute Gasteiger partial charge is 0.251 e. The van der Waals surface area contributed by atoms with Crippen LogP contribution in [0.1, 0.15) is 23.2 Å². The Labute approximate surface area is 152 Å². The van der Waals surface area contributed by atoms with E-state index in [9.17, 15) is 13.2 Å². The second-order valence-corrected chi connectivity index (χ2v) is 7.88. The molecule has 26 heavy (non-hydrogen) atoms. The minimum absolute atomic E-state index is 0.0791. The highest BCUT2D eigenvalue weighted by Crippen LogP contribution is 2.12. The lowest BCUT2D eigenvalue weighted by Crippen LogP contribution is -2.36. The fourth-order valence-corrected chi connectivity index (χ4v) is 3.85. The summed E-state index contributed by atoms with van der Waals surface area (Å²) in [6, 6.07) is 6.15. The number of aromatic nitrogens is 3. The summed E-state index contributed by atoms with van der Waals surface area (Å²) in [4.78, 5) is 12.4. The van der Waals surface area contributed by atoms with Crippen molar-refractivity contribution in [2.75, 3.05) is 19.6 Å². The largest absolute Gasteiger partial charge is 0.348 e. The van der Waals surface area contributed by atoms with Crippen molar-refractivity contribution in [2.45, 2.75) is 30.3 Å². The Hall–Kier alpha value is -2.30. The van der Waals surface area contributed by atoms with Gasteiger partial charge in [-0.15, -0.1) is 5.10 Å². The Bertz CT molecular complexity index is 831. The molecular weight excluding hydrogens is 356 g/mol. The number of rotatable bonds is 8. The van der Waals surface area contributed by atoms with Gasteiger partial charge in [0.1, 0.15) is 0 Å². The van der Waals surface area contributed by atoms with Crippen LogP contribution in [-0.2, 0) is 16.6 Å². The maximum absolute atomic E-state index is 12.4. The van der Waals surface area contributed by atoms with Crippen molar-refractivity contribution in [1.82, 2.24) is 30.3 Å². The molecule has 9 nitrogen and oxygen atoms in total. The van der Waals surface area contributed by atoms with Gasteiger partial charge >= 0.3 is 0 Å². The van der Waals surface area contributed by atoms with E-state index in [4.69, 9.17) is 0 Å². The van der Waals surface area contributed by atoms with Crippen molar-refractivity contribution in [1.29, 1.82) is 0 Å². The van der Waals surface area contributed by atoms with Crippen LogP contribution in [0, 0.1) is 0 Å². The number of nitrogens with zero attached hydrogens (tertiary/aromatic N) is 3. The van der Waals surface area contributed by atoms with Crippen LogP contribution < -0.4 is 15.4 Å². The van der Waals surface area contributed by atoms with E-state index in [2.05, 4.69) is 25.7 Å². The summed E-state index contributed by atoms with van der Waals surface area (Å²) < 4.78 is 29.0. The summed E-state index contributed by atoms with van der Waals surface area (Å²) in [6.07, 6.45) is 4.74. The standard InChI is InChI=1S/C16H22N6O3S/c23-16(20-14-5-7-17-12-14)13-3-1-4-15(11-13)26(24,25)19-6-2-9-22-10-8-18-21-22/h1,3-4,8,10-11,14,17,19H,2,5-7,9,12H2,(H,20,23). The van der Waals surface area contributed by atoms with Gasteiger partial charge in [0.25, 0.3) is 5.91 Å². The summed E-state index contributed by atoms with van der Waals surface area (Å²) in [5.74, 6) is -0.262. The van der Waals surface area contributed by atoms with E-state index < -0.39 is 10.0 Å². The van der Waals surface area contributed by atoms with Crippen molar-refractivity contribution < 1.29 is 13.2 Å². The molecule has 1 saturated heterocycles. The molecule has 1 atom stereocenters. The third-order valence-corrected chi connectivity index (χ3v) is 5.59. The van der Waals surface area contributed by atoms with Crippen molar-refractivity contribution >= 4 is 15.9 Å². The van der Waals surface area contributed by atoms with E-state index in [0.717, 1.165) is 19.5 Å². The van der Waals surface area contributed by atoms with E-state index >= 15 is 0 Å². The number of nitrogens with one attached hydrogen (secondary N) is 3. The molecule has 2 aromatic rings. The van der Waals surface area contributed by atoms with Gasteiger partial charge in [0.2, 0.25) is 10.0 Å². The molecule has 1 aromatic carbocycles. The van der Waals surface area contributed by atoms with Crippen LogP contribution in [0.4, 0.5) is 0 Å². The van der Waals surface area contributed by atoms with Gasteiger partial charge in [-0.25, -0.2) is 13.1 Å². The van der Waals surface area contributed by atoms with E-state index in [1.807, 2.05) is 0 Å². The molecule has 0 aliphatic carbocycles. The topological polar surface area (TPSA) is 118 Å². The monoisotopic (exact) mass is 378 g/mol. The molecule has 0 spiro atoms. The SMILES string of the molecule is O=C(NC1CCNC1)c1cccc(S(=O)(=O)NCCCn2ccnn2)c1. The molecule has 1 unspecified atom stereocenters. The average Bonchev–Trinajstić information content (AvgIpc) is 3.33. The minimum atomic E-state index is -3.67. The first-order valence-electron chi connectivity index (χ1n) is 8.50. The van der Waals surface area contributed by atoms with Crippen LogP contribution in [-0.4, -0.2) is 55.0 Å². The molecule has 0 bridgehead atoms. The number of carbonyl (C=O) groups is 1. The van der Waals surface area contributed by atoms with Crippen molar-refractivity contribution in [3.05, 3.63) is 42.2 Å². The van der Waals surface area contributed by atoms with Crippen LogP contribution in [0.15, 0.2) is 41.6 Å². The molecule has 3 N–H and O–H groups in total. The van der Waals surface area contributed by atoms with Gasteiger partial charge in [0.05, 0.1) is 11.1 Å². The van der Waals surface area contributed by atoms with E-state index in [-0.39, 0.29) is 23.4 Å². The number of aryl methyl sites for hydroxylation is 1. The lowest BCUT2D eigenvalue weighted by atomic mass is 10.2. The fourth-order valence-electron chi connectivity index (χ4n) is 2.73. The zero-order valence-electron chi connectivity index (χ0n) is 14.3. The molecule has 1 aliphatic rings. The average molecular weight is 378 g/mol. The van der Waals surface area contributed by atoms with Crippen molar-refractivity contribution in [2.24, 2.45) is 0 Å². The first kappa shape index (κ1) is 18.5. The Balaban J connectivity index is 1.57. The summed E-state index contributed by atoms with van der Waals surface area (Å²) in [5, 5.41) is 13.6. The van der Waals surface area contributed by atoms with Crippen LogP contribution in [0.5, 0.6) is 0 Å². The van der Waals surface area contributed by atoms with Crippen LogP contribution in [0.2, 0.25) is 0 Å². The molecule has 2 heterocycles. The number of hydrogen-bond acceptors (Lipinski definition) is 6.